The van der Waals surface area contributed by atoms with Gasteiger partial charge in [0, 0.05) is 31.5 Å². The Morgan fingerprint density at radius 3 is 2.26 bits per heavy atom. The maximum Gasteiger partial charge on any atom is 0.145 e. The monoisotopic (exact) mass is 258 g/mol. The summed E-state index contributed by atoms with van der Waals surface area (Å²) in [5.74, 6) is 7.31. The standard InChI is InChI=1S/C13H18N6/c1-9-15-12(8-13(16-9)18-14)17-10-4-6-11(7-5-10)19(2)3/h4-8H,14H2,1-3H3,(H2,15,16,17,18). The highest BCUT2D eigenvalue weighted by atomic mass is 15.3. The van der Waals surface area contributed by atoms with Crippen LogP contribution < -0.4 is 21.5 Å². The Bertz CT molecular complexity index is 550. The second-order valence-electron chi connectivity index (χ2n) is 4.40. The number of benzene rings is 1. The Labute approximate surface area is 112 Å². The molecule has 4 N–H and O–H groups in total. The number of nitrogen functional groups attached to an aromatic ring is 1. The molecule has 0 fully saturated rings. The highest BCUT2D eigenvalue weighted by Crippen LogP contribution is 2.20. The number of rotatable bonds is 4. The summed E-state index contributed by atoms with van der Waals surface area (Å²) in [6.07, 6.45) is 0. The van der Waals surface area contributed by atoms with Gasteiger partial charge in [-0.3, -0.25) is 0 Å². The van der Waals surface area contributed by atoms with E-state index in [0.717, 1.165) is 11.4 Å². The van der Waals surface area contributed by atoms with Gasteiger partial charge in [-0.2, -0.15) is 0 Å². The molecule has 6 nitrogen and oxygen atoms in total. The number of nitrogens with one attached hydrogen (secondary N) is 2. The fourth-order valence-corrected chi connectivity index (χ4v) is 1.70. The number of hydrazine groups is 1. The highest BCUT2D eigenvalue weighted by molar-refractivity contribution is 5.62. The van der Waals surface area contributed by atoms with Crippen molar-refractivity contribution < 1.29 is 0 Å². The average Bonchev–Trinajstić information content (AvgIpc) is 2.38. The summed E-state index contributed by atoms with van der Waals surface area (Å²) < 4.78 is 0. The maximum absolute atomic E-state index is 5.36. The van der Waals surface area contributed by atoms with Crippen LogP contribution in [0.15, 0.2) is 30.3 Å². The lowest BCUT2D eigenvalue weighted by Crippen LogP contribution is -2.10. The van der Waals surface area contributed by atoms with Crippen molar-refractivity contribution in [2.75, 3.05) is 29.7 Å². The average molecular weight is 258 g/mol. The molecule has 0 aliphatic carbocycles. The van der Waals surface area contributed by atoms with Crippen LogP contribution in [0.5, 0.6) is 0 Å². The molecule has 0 aliphatic heterocycles. The third-order valence-corrected chi connectivity index (χ3v) is 2.64. The molecule has 2 rings (SSSR count). The van der Waals surface area contributed by atoms with Gasteiger partial charge in [0.25, 0.3) is 0 Å². The molecular formula is C13H18N6. The Kier molecular flexibility index (Phi) is 3.82. The van der Waals surface area contributed by atoms with Crippen molar-refractivity contribution in [1.82, 2.24) is 9.97 Å². The third kappa shape index (κ3) is 3.32. The van der Waals surface area contributed by atoms with Crippen LogP contribution in [0.1, 0.15) is 5.82 Å². The smallest absolute Gasteiger partial charge is 0.145 e. The van der Waals surface area contributed by atoms with Crippen LogP contribution in [-0.2, 0) is 0 Å². The van der Waals surface area contributed by atoms with E-state index in [2.05, 4.69) is 25.6 Å². The Morgan fingerprint density at radius 1 is 1.05 bits per heavy atom. The number of hydrogen-bond donors (Lipinski definition) is 3. The summed E-state index contributed by atoms with van der Waals surface area (Å²) in [6, 6.07) is 9.84. The molecule has 0 spiro atoms. The first-order valence-corrected chi connectivity index (χ1v) is 5.95. The fourth-order valence-electron chi connectivity index (χ4n) is 1.70. The largest absolute Gasteiger partial charge is 0.378 e. The molecule has 0 amide bonds. The van der Waals surface area contributed by atoms with E-state index in [4.69, 9.17) is 5.84 Å². The van der Waals surface area contributed by atoms with Crippen molar-refractivity contribution in [2.45, 2.75) is 6.92 Å². The topological polar surface area (TPSA) is 79.1 Å². The summed E-state index contributed by atoms with van der Waals surface area (Å²) in [6.45, 7) is 1.82. The van der Waals surface area contributed by atoms with Crippen LogP contribution >= 0.6 is 0 Å². The predicted molar refractivity (Wildman–Crippen MR) is 78.6 cm³/mol. The molecule has 1 heterocycles. The maximum atomic E-state index is 5.36. The van der Waals surface area contributed by atoms with Crippen LogP contribution in [0.2, 0.25) is 0 Å². The van der Waals surface area contributed by atoms with Crippen molar-refractivity contribution >= 4 is 23.0 Å². The number of anilines is 4. The van der Waals surface area contributed by atoms with E-state index in [9.17, 15) is 0 Å². The quantitative estimate of drug-likeness (QED) is 0.574. The molecular weight excluding hydrogens is 240 g/mol. The summed E-state index contributed by atoms with van der Waals surface area (Å²) in [7, 11) is 4.02. The van der Waals surface area contributed by atoms with Gasteiger partial charge in [-0.15, -0.1) is 0 Å². The Hall–Kier alpha value is -2.34. The van der Waals surface area contributed by atoms with Gasteiger partial charge in [0.05, 0.1) is 0 Å². The first-order valence-electron chi connectivity index (χ1n) is 5.95. The van der Waals surface area contributed by atoms with E-state index in [0.29, 0.717) is 17.5 Å². The number of hydrogen-bond acceptors (Lipinski definition) is 6. The molecule has 6 heteroatoms. The molecule has 0 aliphatic rings. The van der Waals surface area contributed by atoms with E-state index in [1.54, 1.807) is 6.07 Å². The van der Waals surface area contributed by atoms with Crippen molar-refractivity contribution in [3.8, 4) is 0 Å². The minimum Gasteiger partial charge on any atom is -0.378 e. The Morgan fingerprint density at radius 2 is 1.68 bits per heavy atom. The van der Waals surface area contributed by atoms with Gasteiger partial charge in [-0.1, -0.05) is 0 Å². The van der Waals surface area contributed by atoms with Gasteiger partial charge >= 0.3 is 0 Å². The summed E-state index contributed by atoms with van der Waals surface area (Å²) >= 11 is 0. The zero-order valence-corrected chi connectivity index (χ0v) is 11.3. The van der Waals surface area contributed by atoms with Crippen molar-refractivity contribution in [3.05, 3.63) is 36.2 Å². The fraction of sp³-hybridized carbons (Fsp3) is 0.231. The lowest BCUT2D eigenvalue weighted by atomic mass is 10.2. The molecule has 0 atom stereocenters. The van der Waals surface area contributed by atoms with Gasteiger partial charge in [-0.05, 0) is 31.2 Å². The van der Waals surface area contributed by atoms with E-state index in [1.165, 1.54) is 0 Å². The van der Waals surface area contributed by atoms with Gasteiger partial charge in [-0.25, -0.2) is 15.8 Å². The first kappa shape index (κ1) is 13.1. The predicted octanol–water partition coefficient (Wildman–Crippen LogP) is 1.88. The second kappa shape index (κ2) is 5.53. The van der Waals surface area contributed by atoms with E-state index < -0.39 is 0 Å². The third-order valence-electron chi connectivity index (χ3n) is 2.64. The lowest BCUT2D eigenvalue weighted by Gasteiger charge is -2.13. The lowest BCUT2D eigenvalue weighted by molar-refractivity contribution is 1.05. The van der Waals surface area contributed by atoms with Crippen LogP contribution in [0.4, 0.5) is 23.0 Å². The molecule has 0 radical (unpaired) electrons. The molecule has 19 heavy (non-hydrogen) atoms. The Balaban J connectivity index is 2.18. The molecule has 0 saturated heterocycles. The first-order chi connectivity index (χ1) is 9.08. The normalized spacial score (nSPS) is 10.1. The second-order valence-corrected chi connectivity index (χ2v) is 4.40. The van der Waals surface area contributed by atoms with Crippen molar-refractivity contribution in [3.63, 3.8) is 0 Å². The van der Waals surface area contributed by atoms with E-state index in [-0.39, 0.29) is 0 Å². The number of aromatic nitrogens is 2. The zero-order valence-electron chi connectivity index (χ0n) is 11.3. The van der Waals surface area contributed by atoms with Crippen LogP contribution in [-0.4, -0.2) is 24.1 Å². The van der Waals surface area contributed by atoms with E-state index >= 15 is 0 Å². The summed E-state index contributed by atoms with van der Waals surface area (Å²) in [4.78, 5) is 10.5. The molecule has 0 unspecified atom stereocenters. The van der Waals surface area contributed by atoms with Crippen molar-refractivity contribution in [2.24, 2.45) is 5.84 Å². The van der Waals surface area contributed by atoms with Gasteiger partial charge in [0.15, 0.2) is 0 Å². The summed E-state index contributed by atoms with van der Waals surface area (Å²) in [5, 5.41) is 3.22. The van der Waals surface area contributed by atoms with E-state index in [1.807, 2.05) is 45.3 Å². The number of aryl methyl sites for hydroxylation is 1. The van der Waals surface area contributed by atoms with Crippen LogP contribution in [0.3, 0.4) is 0 Å². The van der Waals surface area contributed by atoms with Gasteiger partial charge < -0.3 is 15.6 Å². The molecule has 2 aromatic rings. The molecule has 100 valence electrons. The van der Waals surface area contributed by atoms with Crippen LogP contribution in [0.25, 0.3) is 0 Å². The minimum atomic E-state index is 0.583. The van der Waals surface area contributed by atoms with Crippen LogP contribution in [0, 0.1) is 6.92 Å². The SMILES string of the molecule is Cc1nc(NN)cc(Nc2ccc(N(C)C)cc2)n1. The molecule has 0 bridgehead atoms. The summed E-state index contributed by atoms with van der Waals surface area (Å²) in [5.41, 5.74) is 4.63. The molecule has 1 aromatic heterocycles. The van der Waals surface area contributed by atoms with Gasteiger partial charge in [0.1, 0.15) is 17.5 Å². The van der Waals surface area contributed by atoms with Crippen molar-refractivity contribution in [1.29, 1.82) is 0 Å². The minimum absolute atomic E-state index is 0.583. The number of nitrogens with two attached hydrogens (primary N) is 1. The molecule has 1 aromatic carbocycles. The molecule has 0 saturated carbocycles. The number of nitrogens with zero attached hydrogens (tertiary/aromatic N) is 3. The van der Waals surface area contributed by atoms with Gasteiger partial charge in [0.2, 0.25) is 0 Å². The zero-order chi connectivity index (χ0) is 13.8. The highest BCUT2D eigenvalue weighted by Gasteiger charge is 2.02.